The van der Waals surface area contributed by atoms with Gasteiger partial charge in [-0.2, -0.15) is 0 Å². The van der Waals surface area contributed by atoms with Crippen molar-refractivity contribution in [3.05, 3.63) is 53.6 Å². The summed E-state index contributed by atoms with van der Waals surface area (Å²) in [6.07, 6.45) is 0. The summed E-state index contributed by atoms with van der Waals surface area (Å²) < 4.78 is 10.7. The SMILES string of the molecule is CC(=O)N(Cc1ccc2c(c1)OCO2)C(C(=O)NC(C)C)c1ccc(O)cc1. The lowest BCUT2D eigenvalue weighted by Gasteiger charge is -2.31. The van der Waals surface area contributed by atoms with E-state index in [2.05, 4.69) is 5.32 Å². The molecule has 0 spiro atoms. The van der Waals surface area contributed by atoms with Crippen LogP contribution in [0.2, 0.25) is 0 Å². The molecule has 2 N–H and O–H groups in total. The van der Waals surface area contributed by atoms with Crippen molar-refractivity contribution in [2.45, 2.75) is 39.4 Å². The molecule has 2 amide bonds. The summed E-state index contributed by atoms with van der Waals surface area (Å²) in [4.78, 5) is 26.9. The Balaban J connectivity index is 1.94. The summed E-state index contributed by atoms with van der Waals surface area (Å²) >= 11 is 0. The van der Waals surface area contributed by atoms with E-state index < -0.39 is 6.04 Å². The highest BCUT2D eigenvalue weighted by Gasteiger charge is 2.30. The minimum absolute atomic E-state index is 0.0773. The van der Waals surface area contributed by atoms with Crippen molar-refractivity contribution in [2.75, 3.05) is 6.79 Å². The highest BCUT2D eigenvalue weighted by Crippen LogP contribution is 2.34. The van der Waals surface area contributed by atoms with Crippen molar-refractivity contribution in [1.82, 2.24) is 10.2 Å². The molecule has 3 rings (SSSR count). The molecule has 0 aliphatic carbocycles. The van der Waals surface area contributed by atoms with Crippen LogP contribution in [0.4, 0.5) is 0 Å². The van der Waals surface area contributed by atoms with Crippen molar-refractivity contribution in [1.29, 1.82) is 0 Å². The molecule has 28 heavy (non-hydrogen) atoms. The molecule has 1 aliphatic rings. The van der Waals surface area contributed by atoms with Gasteiger partial charge in [-0.05, 0) is 49.2 Å². The third kappa shape index (κ3) is 4.36. The van der Waals surface area contributed by atoms with E-state index in [0.29, 0.717) is 17.1 Å². The number of rotatable bonds is 6. The first kappa shape index (κ1) is 19.5. The van der Waals surface area contributed by atoms with Crippen LogP contribution in [0.15, 0.2) is 42.5 Å². The fourth-order valence-electron chi connectivity index (χ4n) is 3.11. The Hall–Kier alpha value is -3.22. The van der Waals surface area contributed by atoms with Crippen LogP contribution in [0, 0.1) is 0 Å². The Kier molecular flexibility index (Phi) is 5.73. The van der Waals surface area contributed by atoms with Crippen LogP contribution in [0.3, 0.4) is 0 Å². The third-order valence-electron chi connectivity index (χ3n) is 4.39. The van der Waals surface area contributed by atoms with Gasteiger partial charge in [-0.1, -0.05) is 18.2 Å². The number of fused-ring (bicyclic) bond motifs is 1. The summed E-state index contributed by atoms with van der Waals surface area (Å²) in [6, 6.07) is 10.8. The standard InChI is InChI=1S/C21H24N2O5/c1-13(2)22-21(26)20(16-5-7-17(25)8-6-16)23(14(3)24)11-15-4-9-18-19(10-15)28-12-27-18/h4-10,13,20,25H,11-12H2,1-3H3,(H,22,26). The minimum Gasteiger partial charge on any atom is -0.508 e. The van der Waals surface area contributed by atoms with E-state index in [1.54, 1.807) is 18.2 Å². The number of aromatic hydroxyl groups is 1. The summed E-state index contributed by atoms with van der Waals surface area (Å²) in [5.41, 5.74) is 1.44. The van der Waals surface area contributed by atoms with Gasteiger partial charge in [0, 0.05) is 19.5 Å². The summed E-state index contributed by atoms with van der Waals surface area (Å²) in [6.45, 7) is 5.55. The quantitative estimate of drug-likeness (QED) is 0.800. The van der Waals surface area contributed by atoms with Crippen LogP contribution in [0.1, 0.15) is 37.9 Å². The molecule has 0 radical (unpaired) electrons. The molecule has 1 aliphatic heterocycles. The molecule has 1 unspecified atom stereocenters. The molecule has 2 aromatic rings. The summed E-state index contributed by atoms with van der Waals surface area (Å²) in [5, 5.41) is 12.5. The van der Waals surface area contributed by atoms with E-state index in [-0.39, 0.29) is 36.9 Å². The maximum Gasteiger partial charge on any atom is 0.247 e. The zero-order valence-electron chi connectivity index (χ0n) is 16.1. The second-order valence-electron chi connectivity index (χ2n) is 6.99. The number of phenolic OH excluding ortho intramolecular Hbond substituents is 1. The molecule has 0 bridgehead atoms. The van der Waals surface area contributed by atoms with Gasteiger partial charge in [-0.25, -0.2) is 0 Å². The van der Waals surface area contributed by atoms with Crippen LogP contribution in [0.25, 0.3) is 0 Å². The van der Waals surface area contributed by atoms with Gasteiger partial charge in [-0.3, -0.25) is 9.59 Å². The van der Waals surface area contributed by atoms with Gasteiger partial charge in [0.1, 0.15) is 11.8 Å². The maximum absolute atomic E-state index is 13.0. The van der Waals surface area contributed by atoms with Gasteiger partial charge in [-0.15, -0.1) is 0 Å². The van der Waals surface area contributed by atoms with Gasteiger partial charge >= 0.3 is 0 Å². The molecule has 7 heteroatoms. The van der Waals surface area contributed by atoms with Crippen molar-refractivity contribution in [3.8, 4) is 17.2 Å². The van der Waals surface area contributed by atoms with E-state index in [4.69, 9.17) is 9.47 Å². The predicted octanol–water partition coefficient (Wildman–Crippen LogP) is 2.74. The van der Waals surface area contributed by atoms with Crippen LogP contribution < -0.4 is 14.8 Å². The topological polar surface area (TPSA) is 88.1 Å². The Morgan fingerprint density at radius 2 is 1.79 bits per heavy atom. The maximum atomic E-state index is 13.0. The van der Waals surface area contributed by atoms with Crippen LogP contribution in [-0.2, 0) is 16.1 Å². The van der Waals surface area contributed by atoms with E-state index in [1.807, 2.05) is 26.0 Å². The Labute approximate surface area is 163 Å². The number of carbonyl (C=O) groups is 2. The lowest BCUT2D eigenvalue weighted by molar-refractivity contribution is -0.140. The van der Waals surface area contributed by atoms with Gasteiger partial charge < -0.3 is 24.8 Å². The number of hydrogen-bond donors (Lipinski definition) is 2. The Morgan fingerprint density at radius 3 is 2.43 bits per heavy atom. The van der Waals surface area contributed by atoms with Crippen molar-refractivity contribution < 1.29 is 24.2 Å². The number of benzene rings is 2. The molecule has 0 fully saturated rings. The Bertz CT molecular complexity index is 864. The van der Waals surface area contributed by atoms with Gasteiger partial charge in [0.05, 0.1) is 0 Å². The van der Waals surface area contributed by atoms with E-state index in [9.17, 15) is 14.7 Å². The summed E-state index contributed by atoms with van der Waals surface area (Å²) in [5.74, 6) is 0.850. The first-order chi connectivity index (χ1) is 13.3. The number of amides is 2. The molecule has 148 valence electrons. The van der Waals surface area contributed by atoms with E-state index >= 15 is 0 Å². The number of phenols is 1. The van der Waals surface area contributed by atoms with E-state index in [1.165, 1.54) is 24.0 Å². The van der Waals surface area contributed by atoms with E-state index in [0.717, 1.165) is 5.56 Å². The Morgan fingerprint density at radius 1 is 1.11 bits per heavy atom. The van der Waals surface area contributed by atoms with Crippen LogP contribution in [-0.4, -0.2) is 34.7 Å². The van der Waals surface area contributed by atoms with Gasteiger partial charge in [0.15, 0.2) is 11.5 Å². The zero-order valence-corrected chi connectivity index (χ0v) is 16.1. The fourth-order valence-corrected chi connectivity index (χ4v) is 3.11. The second-order valence-corrected chi connectivity index (χ2v) is 6.99. The zero-order chi connectivity index (χ0) is 20.3. The number of nitrogens with zero attached hydrogens (tertiary/aromatic N) is 1. The number of ether oxygens (including phenoxy) is 2. The molecule has 0 saturated heterocycles. The monoisotopic (exact) mass is 384 g/mol. The highest BCUT2D eigenvalue weighted by atomic mass is 16.7. The summed E-state index contributed by atoms with van der Waals surface area (Å²) in [7, 11) is 0. The smallest absolute Gasteiger partial charge is 0.247 e. The van der Waals surface area contributed by atoms with Crippen LogP contribution in [0.5, 0.6) is 17.2 Å². The van der Waals surface area contributed by atoms with Crippen molar-refractivity contribution >= 4 is 11.8 Å². The van der Waals surface area contributed by atoms with Crippen LogP contribution >= 0.6 is 0 Å². The first-order valence-electron chi connectivity index (χ1n) is 9.10. The molecule has 0 saturated carbocycles. The van der Waals surface area contributed by atoms with Crippen molar-refractivity contribution in [2.24, 2.45) is 0 Å². The molecule has 1 atom stereocenters. The minimum atomic E-state index is -0.828. The molecular weight excluding hydrogens is 360 g/mol. The average Bonchev–Trinajstić information content (AvgIpc) is 3.09. The lowest BCUT2D eigenvalue weighted by atomic mass is 10.0. The van der Waals surface area contributed by atoms with Crippen molar-refractivity contribution in [3.63, 3.8) is 0 Å². The normalized spacial score (nSPS) is 13.3. The number of carbonyl (C=O) groups excluding carboxylic acids is 2. The first-order valence-corrected chi connectivity index (χ1v) is 9.10. The fraction of sp³-hybridized carbons (Fsp3) is 0.333. The lowest BCUT2D eigenvalue weighted by Crippen LogP contribution is -2.44. The average molecular weight is 384 g/mol. The number of nitrogens with one attached hydrogen (secondary N) is 1. The third-order valence-corrected chi connectivity index (χ3v) is 4.39. The molecule has 1 heterocycles. The molecule has 2 aromatic carbocycles. The second kappa shape index (κ2) is 8.21. The van der Waals surface area contributed by atoms with Gasteiger partial charge in [0.25, 0.3) is 0 Å². The molecular formula is C21H24N2O5. The number of hydrogen-bond acceptors (Lipinski definition) is 5. The van der Waals surface area contributed by atoms with Gasteiger partial charge in [0.2, 0.25) is 18.6 Å². The molecule has 0 aromatic heterocycles. The molecule has 7 nitrogen and oxygen atoms in total. The largest absolute Gasteiger partial charge is 0.508 e. The predicted molar refractivity (Wildman–Crippen MR) is 103 cm³/mol. The highest BCUT2D eigenvalue weighted by molar-refractivity contribution is 5.88.